The summed E-state index contributed by atoms with van der Waals surface area (Å²) in [6.45, 7) is 3.80. The fourth-order valence-electron chi connectivity index (χ4n) is 1.64. The Hall–Kier alpha value is -1.95. The second kappa shape index (κ2) is 5.79. The normalized spacial score (nSPS) is 10.4. The van der Waals surface area contributed by atoms with Gasteiger partial charge in [-0.2, -0.15) is 9.36 Å². The molecule has 0 saturated heterocycles. The maximum Gasteiger partial charge on any atom is 0.335 e. The van der Waals surface area contributed by atoms with Crippen molar-refractivity contribution in [1.29, 1.82) is 0 Å². The zero-order valence-corrected chi connectivity index (χ0v) is 11.5. The van der Waals surface area contributed by atoms with E-state index in [1.165, 1.54) is 17.6 Å². The summed E-state index contributed by atoms with van der Waals surface area (Å²) in [4.78, 5) is 15.2. The van der Waals surface area contributed by atoms with Crippen molar-refractivity contribution in [2.45, 2.75) is 26.7 Å². The first kappa shape index (κ1) is 13.5. The number of hydrogen-bond acceptors (Lipinski definition) is 5. The second-order valence-electron chi connectivity index (χ2n) is 4.11. The fraction of sp³-hybridized carbons (Fsp3) is 0.308. The lowest BCUT2D eigenvalue weighted by Crippen LogP contribution is -1.99. The predicted octanol–water partition coefficient (Wildman–Crippen LogP) is 3.29. The summed E-state index contributed by atoms with van der Waals surface area (Å²) in [5.74, 6) is 0.410. The first-order chi connectivity index (χ1) is 9.10. The molecule has 0 atom stereocenters. The number of aromatic carboxylic acids is 1. The van der Waals surface area contributed by atoms with E-state index in [0.717, 1.165) is 18.7 Å². The van der Waals surface area contributed by atoms with Crippen molar-refractivity contribution in [3.63, 3.8) is 0 Å². The van der Waals surface area contributed by atoms with Gasteiger partial charge in [-0.3, -0.25) is 0 Å². The number of carbonyl (C=O) groups is 1. The highest BCUT2D eigenvalue weighted by atomic mass is 32.1. The van der Waals surface area contributed by atoms with Gasteiger partial charge in [-0.25, -0.2) is 4.79 Å². The van der Waals surface area contributed by atoms with Gasteiger partial charge in [0.25, 0.3) is 5.19 Å². The fourth-order valence-corrected chi connectivity index (χ4v) is 2.24. The average Bonchev–Trinajstić information content (AvgIpc) is 2.76. The minimum absolute atomic E-state index is 0.274. The van der Waals surface area contributed by atoms with Crippen molar-refractivity contribution < 1.29 is 14.6 Å². The molecule has 0 fully saturated rings. The molecule has 100 valence electrons. The number of rotatable bonds is 5. The Labute approximate surface area is 115 Å². The molecular formula is C13H14N2O3S. The van der Waals surface area contributed by atoms with E-state index in [-0.39, 0.29) is 5.56 Å². The van der Waals surface area contributed by atoms with E-state index in [4.69, 9.17) is 9.84 Å². The SMILES string of the molecule is CCCc1nsc(Oc2ccc(C(=O)O)c(C)c2)n1. The van der Waals surface area contributed by atoms with E-state index >= 15 is 0 Å². The summed E-state index contributed by atoms with van der Waals surface area (Å²) in [6.07, 6.45) is 1.82. The maximum absolute atomic E-state index is 10.9. The first-order valence-electron chi connectivity index (χ1n) is 5.94. The van der Waals surface area contributed by atoms with Crippen molar-refractivity contribution >= 4 is 17.5 Å². The van der Waals surface area contributed by atoms with Crippen LogP contribution in [0.5, 0.6) is 10.9 Å². The van der Waals surface area contributed by atoms with Crippen molar-refractivity contribution in [3.8, 4) is 10.9 Å². The number of hydrogen-bond donors (Lipinski definition) is 1. The van der Waals surface area contributed by atoms with Gasteiger partial charge in [-0.05, 0) is 37.1 Å². The number of aromatic nitrogens is 2. The van der Waals surface area contributed by atoms with Crippen LogP contribution in [-0.4, -0.2) is 20.4 Å². The molecule has 1 aromatic carbocycles. The Kier molecular flexibility index (Phi) is 4.11. The molecule has 0 aliphatic rings. The summed E-state index contributed by atoms with van der Waals surface area (Å²) in [6, 6.07) is 4.84. The lowest BCUT2D eigenvalue weighted by molar-refractivity contribution is 0.0696. The highest BCUT2D eigenvalue weighted by molar-refractivity contribution is 7.07. The van der Waals surface area contributed by atoms with E-state index in [9.17, 15) is 4.79 Å². The van der Waals surface area contributed by atoms with Crippen LogP contribution >= 0.6 is 11.5 Å². The van der Waals surface area contributed by atoms with Crippen LogP contribution in [0.3, 0.4) is 0 Å². The summed E-state index contributed by atoms with van der Waals surface area (Å²) < 4.78 is 9.75. The van der Waals surface area contributed by atoms with Crippen LogP contribution in [-0.2, 0) is 6.42 Å². The molecule has 0 aliphatic carbocycles. The zero-order valence-electron chi connectivity index (χ0n) is 10.7. The maximum atomic E-state index is 10.9. The number of aryl methyl sites for hydroxylation is 2. The molecule has 2 aromatic rings. The third-order valence-corrected chi connectivity index (χ3v) is 3.19. The van der Waals surface area contributed by atoms with E-state index < -0.39 is 5.97 Å². The summed E-state index contributed by atoms with van der Waals surface area (Å²) in [7, 11) is 0. The molecule has 19 heavy (non-hydrogen) atoms. The standard InChI is InChI=1S/C13H14N2O3S/c1-3-4-11-14-13(19-15-11)18-9-5-6-10(12(16)17)8(2)7-9/h5-7H,3-4H2,1-2H3,(H,16,17). The topological polar surface area (TPSA) is 72.3 Å². The lowest BCUT2D eigenvalue weighted by atomic mass is 10.1. The third kappa shape index (κ3) is 3.29. The molecule has 0 saturated carbocycles. The van der Waals surface area contributed by atoms with Gasteiger partial charge in [0.05, 0.1) is 5.56 Å². The van der Waals surface area contributed by atoms with E-state index in [0.29, 0.717) is 16.5 Å². The lowest BCUT2D eigenvalue weighted by Gasteiger charge is -2.04. The van der Waals surface area contributed by atoms with Crippen LogP contribution in [0.15, 0.2) is 18.2 Å². The van der Waals surface area contributed by atoms with Gasteiger partial charge in [0.2, 0.25) is 0 Å². The van der Waals surface area contributed by atoms with E-state index in [2.05, 4.69) is 16.3 Å². The largest absolute Gasteiger partial charge is 0.478 e. The molecule has 6 heteroatoms. The van der Waals surface area contributed by atoms with Gasteiger partial charge in [0.1, 0.15) is 11.6 Å². The van der Waals surface area contributed by atoms with Crippen molar-refractivity contribution in [2.24, 2.45) is 0 Å². The summed E-state index contributed by atoms with van der Waals surface area (Å²) in [5, 5.41) is 9.43. The number of carboxylic acid groups (broad SMARTS) is 1. The number of nitrogens with zero attached hydrogens (tertiary/aromatic N) is 2. The highest BCUT2D eigenvalue weighted by Gasteiger charge is 2.10. The third-order valence-electron chi connectivity index (χ3n) is 2.56. The molecule has 0 aliphatic heterocycles. The van der Waals surface area contributed by atoms with Crippen LogP contribution in [0.4, 0.5) is 0 Å². The quantitative estimate of drug-likeness (QED) is 0.908. The van der Waals surface area contributed by atoms with Gasteiger partial charge in [-0.1, -0.05) is 6.92 Å². The van der Waals surface area contributed by atoms with Crippen LogP contribution in [0.1, 0.15) is 35.1 Å². The minimum Gasteiger partial charge on any atom is -0.478 e. The molecule has 2 rings (SSSR count). The molecule has 1 N–H and O–H groups in total. The summed E-state index contributed by atoms with van der Waals surface area (Å²) >= 11 is 1.20. The molecule has 0 bridgehead atoms. The zero-order chi connectivity index (χ0) is 13.8. The van der Waals surface area contributed by atoms with Crippen molar-refractivity contribution in [1.82, 2.24) is 9.36 Å². The van der Waals surface area contributed by atoms with Crippen molar-refractivity contribution in [2.75, 3.05) is 0 Å². The van der Waals surface area contributed by atoms with Crippen LogP contribution < -0.4 is 4.74 Å². The monoisotopic (exact) mass is 278 g/mol. The van der Waals surface area contributed by atoms with Gasteiger partial charge in [0, 0.05) is 18.0 Å². The highest BCUT2D eigenvalue weighted by Crippen LogP contribution is 2.25. The smallest absolute Gasteiger partial charge is 0.335 e. The Morgan fingerprint density at radius 2 is 2.26 bits per heavy atom. The predicted molar refractivity (Wildman–Crippen MR) is 72.1 cm³/mol. The van der Waals surface area contributed by atoms with E-state index in [1.807, 2.05) is 0 Å². The number of benzene rings is 1. The molecule has 0 spiro atoms. The first-order valence-corrected chi connectivity index (χ1v) is 6.72. The Morgan fingerprint density at radius 1 is 1.47 bits per heavy atom. The molecule has 0 radical (unpaired) electrons. The van der Waals surface area contributed by atoms with E-state index in [1.54, 1.807) is 19.1 Å². The van der Waals surface area contributed by atoms with Gasteiger partial charge in [-0.15, -0.1) is 0 Å². The minimum atomic E-state index is -0.940. The second-order valence-corrected chi connectivity index (χ2v) is 4.82. The van der Waals surface area contributed by atoms with Crippen molar-refractivity contribution in [3.05, 3.63) is 35.2 Å². The average molecular weight is 278 g/mol. The van der Waals surface area contributed by atoms with Gasteiger partial charge < -0.3 is 9.84 Å². The molecular weight excluding hydrogens is 264 g/mol. The van der Waals surface area contributed by atoms with Crippen LogP contribution in [0, 0.1) is 6.92 Å². The molecule has 0 amide bonds. The molecule has 1 heterocycles. The van der Waals surface area contributed by atoms with Gasteiger partial charge in [0.15, 0.2) is 0 Å². The Bertz CT molecular complexity index is 595. The number of carboxylic acids is 1. The van der Waals surface area contributed by atoms with Crippen LogP contribution in [0.25, 0.3) is 0 Å². The molecule has 0 unspecified atom stereocenters. The molecule has 5 nitrogen and oxygen atoms in total. The summed E-state index contributed by atoms with van der Waals surface area (Å²) in [5.41, 5.74) is 0.930. The van der Waals surface area contributed by atoms with Gasteiger partial charge >= 0.3 is 5.97 Å². The Balaban J connectivity index is 2.14. The number of ether oxygens (including phenoxy) is 1. The van der Waals surface area contributed by atoms with Crippen LogP contribution in [0.2, 0.25) is 0 Å². The Morgan fingerprint density at radius 3 is 2.89 bits per heavy atom. The molecule has 1 aromatic heterocycles.